The van der Waals surface area contributed by atoms with Crippen LogP contribution in [0.3, 0.4) is 0 Å². The molecule has 0 amide bonds. The average molecular weight is 296 g/mol. The lowest BCUT2D eigenvalue weighted by atomic mass is 9.88. The van der Waals surface area contributed by atoms with E-state index in [4.69, 9.17) is 5.73 Å². The fraction of sp³-hybridized carbons (Fsp3) is 0.600. The van der Waals surface area contributed by atoms with Crippen LogP contribution in [0.4, 0.5) is 0 Å². The molecule has 0 saturated heterocycles. The Kier molecular flexibility index (Phi) is 5.18. The monoisotopic (exact) mass is 296 g/mol. The van der Waals surface area contributed by atoms with Crippen LogP contribution in [-0.4, -0.2) is 14.5 Å². The highest BCUT2D eigenvalue weighted by Gasteiger charge is 2.23. The molecule has 0 bridgehead atoms. The van der Waals surface area contributed by atoms with Gasteiger partial charge in [-0.25, -0.2) is 13.1 Å². The third kappa shape index (κ3) is 4.30. The van der Waals surface area contributed by atoms with Gasteiger partial charge in [-0.2, -0.15) is 0 Å². The van der Waals surface area contributed by atoms with E-state index in [0.717, 1.165) is 36.8 Å². The van der Waals surface area contributed by atoms with Gasteiger partial charge in [0, 0.05) is 12.6 Å². The lowest BCUT2D eigenvalue weighted by Crippen LogP contribution is -2.38. The second-order valence-electron chi connectivity index (χ2n) is 5.81. The maximum Gasteiger partial charge on any atom is 0.216 e. The first-order chi connectivity index (χ1) is 9.50. The summed E-state index contributed by atoms with van der Waals surface area (Å²) in [7, 11) is -3.29. The molecule has 1 saturated carbocycles. The Balaban J connectivity index is 2.00. The first-order valence-electron chi connectivity index (χ1n) is 7.27. The van der Waals surface area contributed by atoms with Gasteiger partial charge in [-0.1, -0.05) is 31.2 Å². The molecular formula is C15H24N2O2S. The quantitative estimate of drug-likeness (QED) is 0.874. The van der Waals surface area contributed by atoms with Crippen LogP contribution in [0.15, 0.2) is 24.3 Å². The number of benzene rings is 1. The zero-order valence-electron chi connectivity index (χ0n) is 12.0. The molecule has 1 aromatic rings. The van der Waals surface area contributed by atoms with Gasteiger partial charge in [-0.3, -0.25) is 0 Å². The SMILES string of the molecule is CC1CCC(NS(=O)(=O)Cc2ccccc2CN)CC1. The number of hydrogen-bond acceptors (Lipinski definition) is 3. The second kappa shape index (κ2) is 6.70. The summed E-state index contributed by atoms with van der Waals surface area (Å²) in [6.45, 7) is 2.59. The minimum Gasteiger partial charge on any atom is -0.326 e. The van der Waals surface area contributed by atoms with E-state index in [0.29, 0.717) is 12.5 Å². The van der Waals surface area contributed by atoms with Gasteiger partial charge in [0.15, 0.2) is 0 Å². The van der Waals surface area contributed by atoms with E-state index >= 15 is 0 Å². The fourth-order valence-electron chi connectivity index (χ4n) is 2.78. The first kappa shape index (κ1) is 15.5. The molecule has 2 rings (SSSR count). The van der Waals surface area contributed by atoms with Crippen molar-refractivity contribution < 1.29 is 8.42 Å². The number of hydrogen-bond donors (Lipinski definition) is 2. The number of nitrogens with one attached hydrogen (secondary N) is 1. The average Bonchev–Trinajstić information content (AvgIpc) is 2.41. The number of rotatable bonds is 5. The van der Waals surface area contributed by atoms with Crippen LogP contribution in [-0.2, 0) is 22.3 Å². The highest BCUT2D eigenvalue weighted by Crippen LogP contribution is 2.24. The summed E-state index contributed by atoms with van der Waals surface area (Å²) >= 11 is 0. The van der Waals surface area contributed by atoms with Crippen molar-refractivity contribution in [2.45, 2.75) is 50.9 Å². The van der Waals surface area contributed by atoms with Gasteiger partial charge < -0.3 is 5.73 Å². The van der Waals surface area contributed by atoms with Crippen molar-refractivity contribution in [3.05, 3.63) is 35.4 Å². The summed E-state index contributed by atoms with van der Waals surface area (Å²) in [6.07, 6.45) is 4.09. The molecule has 20 heavy (non-hydrogen) atoms. The molecule has 1 fully saturated rings. The summed E-state index contributed by atoms with van der Waals surface area (Å²) in [5.41, 5.74) is 7.35. The lowest BCUT2D eigenvalue weighted by molar-refractivity contribution is 0.332. The van der Waals surface area contributed by atoms with Crippen molar-refractivity contribution in [2.24, 2.45) is 11.7 Å². The Bertz CT molecular complexity index is 535. The van der Waals surface area contributed by atoms with E-state index in [9.17, 15) is 8.42 Å². The molecule has 0 aliphatic heterocycles. The van der Waals surface area contributed by atoms with Gasteiger partial charge in [-0.05, 0) is 42.7 Å². The summed E-state index contributed by atoms with van der Waals surface area (Å²) in [5.74, 6) is 0.737. The predicted molar refractivity (Wildman–Crippen MR) is 81.5 cm³/mol. The van der Waals surface area contributed by atoms with Crippen molar-refractivity contribution in [2.75, 3.05) is 0 Å². The van der Waals surface area contributed by atoms with Crippen molar-refractivity contribution >= 4 is 10.0 Å². The normalized spacial score (nSPS) is 23.7. The van der Waals surface area contributed by atoms with Gasteiger partial charge in [0.1, 0.15) is 0 Å². The highest BCUT2D eigenvalue weighted by atomic mass is 32.2. The number of nitrogens with two attached hydrogens (primary N) is 1. The zero-order chi connectivity index (χ0) is 14.6. The van der Waals surface area contributed by atoms with E-state index in [1.165, 1.54) is 0 Å². The fourth-order valence-corrected chi connectivity index (χ4v) is 4.29. The zero-order valence-corrected chi connectivity index (χ0v) is 12.8. The van der Waals surface area contributed by atoms with Crippen LogP contribution in [0.2, 0.25) is 0 Å². The third-order valence-electron chi connectivity index (χ3n) is 4.05. The maximum absolute atomic E-state index is 12.3. The van der Waals surface area contributed by atoms with Crippen LogP contribution in [0, 0.1) is 5.92 Å². The molecule has 0 spiro atoms. The van der Waals surface area contributed by atoms with E-state index in [2.05, 4.69) is 11.6 Å². The minimum atomic E-state index is -3.29. The molecule has 5 heteroatoms. The predicted octanol–water partition coefficient (Wildman–Crippen LogP) is 2.14. The summed E-state index contributed by atoms with van der Waals surface area (Å²) < 4.78 is 27.4. The summed E-state index contributed by atoms with van der Waals surface area (Å²) in [5, 5.41) is 0. The molecular weight excluding hydrogens is 272 g/mol. The molecule has 3 N–H and O–H groups in total. The van der Waals surface area contributed by atoms with E-state index in [1.54, 1.807) is 0 Å². The van der Waals surface area contributed by atoms with Crippen LogP contribution >= 0.6 is 0 Å². The molecule has 0 unspecified atom stereocenters. The Morgan fingerprint density at radius 1 is 1.15 bits per heavy atom. The molecule has 4 nitrogen and oxygen atoms in total. The Morgan fingerprint density at radius 3 is 2.35 bits per heavy atom. The van der Waals surface area contributed by atoms with Gasteiger partial charge >= 0.3 is 0 Å². The second-order valence-corrected chi connectivity index (χ2v) is 7.56. The molecule has 0 radical (unpaired) electrons. The topological polar surface area (TPSA) is 72.2 Å². The van der Waals surface area contributed by atoms with Gasteiger partial charge in [-0.15, -0.1) is 0 Å². The molecule has 1 aromatic carbocycles. The van der Waals surface area contributed by atoms with Crippen molar-refractivity contribution in [1.29, 1.82) is 0 Å². The summed E-state index contributed by atoms with van der Waals surface area (Å²) in [4.78, 5) is 0. The van der Waals surface area contributed by atoms with Gasteiger partial charge in [0.2, 0.25) is 10.0 Å². The van der Waals surface area contributed by atoms with Crippen LogP contribution < -0.4 is 10.5 Å². The first-order valence-corrected chi connectivity index (χ1v) is 8.92. The van der Waals surface area contributed by atoms with E-state index < -0.39 is 10.0 Å². The highest BCUT2D eigenvalue weighted by molar-refractivity contribution is 7.88. The van der Waals surface area contributed by atoms with E-state index in [-0.39, 0.29) is 11.8 Å². The van der Waals surface area contributed by atoms with Crippen molar-refractivity contribution in [3.8, 4) is 0 Å². The molecule has 0 atom stereocenters. The van der Waals surface area contributed by atoms with Crippen molar-refractivity contribution in [3.63, 3.8) is 0 Å². The van der Waals surface area contributed by atoms with Gasteiger partial charge in [0.05, 0.1) is 5.75 Å². The Morgan fingerprint density at radius 2 is 1.75 bits per heavy atom. The minimum absolute atomic E-state index is 0.0203. The molecule has 0 heterocycles. The largest absolute Gasteiger partial charge is 0.326 e. The smallest absolute Gasteiger partial charge is 0.216 e. The maximum atomic E-state index is 12.3. The Labute approximate surface area is 121 Å². The standard InChI is InChI=1S/C15H24N2O2S/c1-12-6-8-15(9-7-12)17-20(18,19)11-14-5-3-2-4-13(14)10-16/h2-5,12,15,17H,6-11,16H2,1H3. The van der Waals surface area contributed by atoms with E-state index in [1.807, 2.05) is 24.3 Å². The van der Waals surface area contributed by atoms with Gasteiger partial charge in [0.25, 0.3) is 0 Å². The Hall–Kier alpha value is -0.910. The summed E-state index contributed by atoms with van der Waals surface area (Å²) in [6, 6.07) is 7.55. The molecule has 1 aliphatic carbocycles. The molecule has 0 aromatic heterocycles. The molecule has 1 aliphatic rings. The molecule has 112 valence electrons. The third-order valence-corrected chi connectivity index (χ3v) is 5.43. The number of sulfonamides is 1. The van der Waals surface area contributed by atoms with Crippen LogP contribution in [0.1, 0.15) is 43.7 Å². The van der Waals surface area contributed by atoms with Crippen LogP contribution in [0.5, 0.6) is 0 Å². The van der Waals surface area contributed by atoms with Crippen LogP contribution in [0.25, 0.3) is 0 Å². The van der Waals surface area contributed by atoms with Crippen molar-refractivity contribution in [1.82, 2.24) is 4.72 Å². The lowest BCUT2D eigenvalue weighted by Gasteiger charge is -2.26.